The Bertz CT molecular complexity index is 180. The van der Waals surface area contributed by atoms with Crippen LogP contribution in [-0.4, -0.2) is 46.6 Å². The van der Waals surface area contributed by atoms with E-state index in [2.05, 4.69) is 0 Å². The molecule has 78 valence electrons. The molecule has 14 heavy (non-hydrogen) atoms. The van der Waals surface area contributed by atoms with Gasteiger partial charge in [-0.1, -0.05) is 24.4 Å². The Morgan fingerprint density at radius 1 is 0.929 bits per heavy atom. The van der Waals surface area contributed by atoms with E-state index in [9.17, 15) is 0 Å². The summed E-state index contributed by atoms with van der Waals surface area (Å²) >= 11 is 10.3. The van der Waals surface area contributed by atoms with Crippen LogP contribution in [0.15, 0.2) is 0 Å². The first-order chi connectivity index (χ1) is 6.45. The Morgan fingerprint density at radius 2 is 1.14 bits per heavy atom. The van der Waals surface area contributed by atoms with Crippen molar-refractivity contribution in [3.63, 3.8) is 0 Å². The minimum atomic E-state index is 0.125. The second-order valence-corrected chi connectivity index (χ2v) is 5.88. The predicted molar refractivity (Wildman–Crippen MR) is 68.4 cm³/mol. The van der Waals surface area contributed by atoms with Gasteiger partial charge in [-0.3, -0.25) is 0 Å². The van der Waals surface area contributed by atoms with Crippen LogP contribution in [0, 0.1) is 0 Å². The molecular formula is C6H12N2OS4Zn. The van der Waals surface area contributed by atoms with Gasteiger partial charge in [-0.05, 0) is 21.6 Å². The molecule has 8 heteroatoms. The molecule has 0 saturated heterocycles. The molecule has 0 fully saturated rings. The summed E-state index contributed by atoms with van der Waals surface area (Å²) in [5.74, 6) is 0. The van der Waals surface area contributed by atoms with Crippen molar-refractivity contribution in [3.8, 4) is 0 Å². The summed E-state index contributed by atoms with van der Waals surface area (Å²) in [6.07, 6.45) is 0. The Morgan fingerprint density at radius 3 is 1.29 bits per heavy atom. The van der Waals surface area contributed by atoms with Crippen LogP contribution in [-0.2, 0) is 21.8 Å². The number of hydrogen-bond acceptors (Lipinski definition) is 5. The molecule has 0 rings (SSSR count). The van der Waals surface area contributed by atoms with E-state index in [4.69, 9.17) is 28.0 Å². The third-order valence-electron chi connectivity index (χ3n) is 0.915. The summed E-state index contributed by atoms with van der Waals surface area (Å²) in [4.78, 5) is 3.79. The molecule has 0 aromatic rings. The van der Waals surface area contributed by atoms with Crippen LogP contribution in [0.3, 0.4) is 0 Å². The fourth-order valence-corrected chi connectivity index (χ4v) is 2.60. The van der Waals surface area contributed by atoms with Gasteiger partial charge >= 0.3 is 21.8 Å². The molecular weight excluding hydrogens is 310 g/mol. The van der Waals surface area contributed by atoms with Crippen LogP contribution in [0.2, 0.25) is 0 Å². The van der Waals surface area contributed by atoms with Gasteiger partial charge in [0.2, 0.25) is 0 Å². The number of hydrogen-bond donors (Lipinski definition) is 0. The standard InChI is InChI=1S/C6H12N2S4.O.Zn/c1-7(2)5(9)11-12-6(10)8(3)4;;/h1-4H3;;. The maximum absolute atomic E-state index is 8.38. The summed E-state index contributed by atoms with van der Waals surface area (Å²) in [5, 5.41) is 0. The molecule has 0 unspecified atom stereocenters. The average molecular weight is 322 g/mol. The van der Waals surface area contributed by atoms with Crippen molar-refractivity contribution in [2.75, 3.05) is 28.2 Å². The molecule has 0 spiro atoms. The van der Waals surface area contributed by atoms with Crippen molar-refractivity contribution in [3.05, 3.63) is 0 Å². The van der Waals surface area contributed by atoms with Crippen LogP contribution in [0.4, 0.5) is 0 Å². The predicted octanol–water partition coefficient (Wildman–Crippen LogP) is 1.94. The van der Waals surface area contributed by atoms with Crippen molar-refractivity contribution < 1.29 is 21.8 Å². The normalized spacial score (nSPS) is 8.43. The van der Waals surface area contributed by atoms with Gasteiger partial charge in [-0.15, -0.1) is 0 Å². The Balaban J connectivity index is 0. The van der Waals surface area contributed by atoms with Crippen molar-refractivity contribution >= 4 is 54.7 Å². The molecule has 0 aliphatic carbocycles. The van der Waals surface area contributed by atoms with Crippen molar-refractivity contribution in [2.24, 2.45) is 0 Å². The summed E-state index contributed by atoms with van der Waals surface area (Å²) in [7, 11) is 10.7. The second-order valence-electron chi connectivity index (χ2n) is 2.49. The van der Waals surface area contributed by atoms with Crippen LogP contribution < -0.4 is 0 Å². The van der Waals surface area contributed by atoms with E-state index in [0.717, 1.165) is 8.64 Å². The van der Waals surface area contributed by atoms with E-state index in [1.165, 1.54) is 21.6 Å². The van der Waals surface area contributed by atoms with Crippen molar-refractivity contribution in [1.82, 2.24) is 9.80 Å². The first-order valence-corrected chi connectivity index (χ1v) is 7.69. The van der Waals surface area contributed by atoms with E-state index < -0.39 is 0 Å². The summed E-state index contributed by atoms with van der Waals surface area (Å²) in [6.45, 7) is 0. The molecule has 0 N–H and O–H groups in total. The fourth-order valence-electron chi connectivity index (χ4n) is 0.220. The summed E-state index contributed by atoms with van der Waals surface area (Å²) in [6, 6.07) is 0. The minimum absolute atomic E-state index is 0.125. The molecule has 0 atom stereocenters. The molecule has 0 aromatic carbocycles. The van der Waals surface area contributed by atoms with E-state index in [0.29, 0.717) is 0 Å². The van der Waals surface area contributed by atoms with E-state index >= 15 is 0 Å². The van der Waals surface area contributed by atoms with Gasteiger partial charge in [-0.25, -0.2) is 0 Å². The van der Waals surface area contributed by atoms with Crippen molar-refractivity contribution in [1.29, 1.82) is 0 Å². The van der Waals surface area contributed by atoms with Gasteiger partial charge < -0.3 is 9.80 Å². The summed E-state index contributed by atoms with van der Waals surface area (Å²) < 4.78 is 10.0. The van der Waals surface area contributed by atoms with E-state index in [-0.39, 0.29) is 18.3 Å². The van der Waals surface area contributed by atoms with E-state index in [1.54, 1.807) is 0 Å². The van der Waals surface area contributed by atoms with Gasteiger partial charge in [0.15, 0.2) is 0 Å². The first-order valence-electron chi connectivity index (χ1n) is 3.51. The average Bonchev–Trinajstić information content (AvgIpc) is 2.16. The maximum atomic E-state index is 8.38. The SMILES string of the molecule is CN(C)C(=S)SSC(=S)N(C)C.[O]=[Zn]. The van der Waals surface area contributed by atoms with Crippen LogP contribution in [0.25, 0.3) is 0 Å². The Labute approximate surface area is 114 Å². The topological polar surface area (TPSA) is 23.6 Å². The van der Waals surface area contributed by atoms with Crippen LogP contribution in [0.5, 0.6) is 0 Å². The molecule has 0 saturated carbocycles. The van der Waals surface area contributed by atoms with Gasteiger partial charge in [0.1, 0.15) is 8.64 Å². The molecule has 0 aliphatic rings. The first kappa shape index (κ1) is 17.3. The third kappa shape index (κ3) is 9.46. The zero-order chi connectivity index (χ0) is 11.7. The molecule has 3 nitrogen and oxygen atoms in total. The zero-order valence-electron chi connectivity index (χ0n) is 8.64. The molecule has 0 aromatic heterocycles. The van der Waals surface area contributed by atoms with Gasteiger partial charge in [-0.2, -0.15) is 0 Å². The van der Waals surface area contributed by atoms with Gasteiger partial charge in [0, 0.05) is 28.2 Å². The zero-order valence-corrected chi connectivity index (χ0v) is 14.9. The fraction of sp³-hybridized carbons (Fsp3) is 0.667. The van der Waals surface area contributed by atoms with Gasteiger partial charge in [0.05, 0.1) is 0 Å². The van der Waals surface area contributed by atoms with Crippen LogP contribution in [0.1, 0.15) is 0 Å². The molecule has 0 amide bonds. The quantitative estimate of drug-likeness (QED) is 0.382. The summed E-state index contributed by atoms with van der Waals surface area (Å²) in [5.41, 5.74) is 0. The molecule has 0 aliphatic heterocycles. The number of rotatable bonds is 0. The number of thiocarbonyl (C=S) groups is 2. The molecule has 0 radical (unpaired) electrons. The van der Waals surface area contributed by atoms with Gasteiger partial charge in [0.25, 0.3) is 0 Å². The van der Waals surface area contributed by atoms with Crippen molar-refractivity contribution in [2.45, 2.75) is 0 Å². The molecule has 0 heterocycles. The number of nitrogens with zero attached hydrogens (tertiary/aromatic N) is 2. The van der Waals surface area contributed by atoms with E-state index in [1.807, 2.05) is 38.0 Å². The second kappa shape index (κ2) is 10.4. The monoisotopic (exact) mass is 320 g/mol. The van der Waals surface area contributed by atoms with Crippen LogP contribution >= 0.6 is 46.0 Å². The Hall–Kier alpha value is 0.903. The molecule has 0 bridgehead atoms. The third-order valence-corrected chi connectivity index (χ3v) is 5.07. The Kier molecular flexibility index (Phi) is 12.9.